The topological polar surface area (TPSA) is 120 Å². The molecule has 0 fully saturated rings. The van der Waals surface area contributed by atoms with E-state index in [0.717, 1.165) is 44.9 Å². The molecule has 1 amide bonds. The second-order valence-electron chi connectivity index (χ2n) is 9.92. The van der Waals surface area contributed by atoms with Crippen molar-refractivity contribution in [2.75, 3.05) is 5.32 Å². The minimum absolute atomic E-state index is 0.0195. The Bertz CT molecular complexity index is 1840. The number of benzene rings is 2. The van der Waals surface area contributed by atoms with E-state index in [-0.39, 0.29) is 17.6 Å². The highest BCUT2D eigenvalue weighted by atomic mass is 19.1. The van der Waals surface area contributed by atoms with Gasteiger partial charge in [-0.25, -0.2) is 9.37 Å². The highest BCUT2D eigenvalue weighted by Crippen LogP contribution is 2.35. The molecule has 9 heteroatoms. The Balaban J connectivity index is 1.39. The molecule has 4 heterocycles. The van der Waals surface area contributed by atoms with Gasteiger partial charge < -0.3 is 15.4 Å². The third-order valence-corrected chi connectivity index (χ3v) is 6.45. The molecule has 6 aromatic rings. The molecule has 0 saturated carbocycles. The lowest BCUT2D eigenvalue weighted by Gasteiger charge is -2.09. The molecule has 0 radical (unpaired) electrons. The van der Waals surface area contributed by atoms with Gasteiger partial charge in [-0.05, 0) is 53.9 Å². The molecule has 0 spiro atoms. The van der Waals surface area contributed by atoms with Gasteiger partial charge in [0, 0.05) is 58.0 Å². The third-order valence-electron chi connectivity index (χ3n) is 6.45. The van der Waals surface area contributed by atoms with E-state index in [1.807, 2.05) is 56.3 Å². The SMILES string of the molecule is CC(C)CC(=O)Nc1cccc(-c2cnc3[nH]nc(-c4cc5c(-c6cc(O)cc(F)c6)nccc5[nH]4)c3c2)c1. The maximum Gasteiger partial charge on any atom is 0.224 e. The standard InChI is InChI=1S/C30H25FN6O2/c1-16(2)8-27(39)34-21-5-3-4-17(10-21)19-12-24-29(36-37-30(24)33-15-19)26-14-23-25(35-26)6-7-32-28(23)18-9-20(31)13-22(38)11-18/h3-7,9-16,35,38H,8H2,1-2H3,(H,34,39)(H,33,36,37). The van der Waals surface area contributed by atoms with Crippen molar-refractivity contribution >= 4 is 33.5 Å². The van der Waals surface area contributed by atoms with Gasteiger partial charge in [0.2, 0.25) is 5.91 Å². The summed E-state index contributed by atoms with van der Waals surface area (Å²) in [5.41, 5.74) is 6.35. The molecular weight excluding hydrogens is 495 g/mol. The molecule has 0 aliphatic carbocycles. The van der Waals surface area contributed by atoms with E-state index >= 15 is 0 Å². The van der Waals surface area contributed by atoms with Gasteiger partial charge in [-0.3, -0.25) is 14.9 Å². The van der Waals surface area contributed by atoms with Crippen LogP contribution in [0.4, 0.5) is 10.1 Å². The molecule has 39 heavy (non-hydrogen) atoms. The van der Waals surface area contributed by atoms with E-state index in [1.165, 1.54) is 12.1 Å². The van der Waals surface area contributed by atoms with Crippen LogP contribution in [-0.2, 0) is 4.79 Å². The van der Waals surface area contributed by atoms with Crippen molar-refractivity contribution in [3.8, 4) is 39.5 Å². The molecule has 4 aromatic heterocycles. The van der Waals surface area contributed by atoms with Crippen LogP contribution in [0.5, 0.6) is 5.75 Å². The summed E-state index contributed by atoms with van der Waals surface area (Å²) >= 11 is 0. The second kappa shape index (κ2) is 9.68. The van der Waals surface area contributed by atoms with Crippen LogP contribution in [0.3, 0.4) is 0 Å². The van der Waals surface area contributed by atoms with Crippen molar-refractivity contribution in [2.45, 2.75) is 20.3 Å². The van der Waals surface area contributed by atoms with Crippen molar-refractivity contribution in [3.05, 3.63) is 78.9 Å². The van der Waals surface area contributed by atoms with Gasteiger partial charge in [0.05, 0.1) is 11.4 Å². The van der Waals surface area contributed by atoms with Crippen molar-refractivity contribution in [2.24, 2.45) is 5.92 Å². The molecular formula is C30H25FN6O2. The number of anilines is 1. The zero-order valence-corrected chi connectivity index (χ0v) is 21.3. The number of rotatable bonds is 6. The van der Waals surface area contributed by atoms with Crippen LogP contribution in [0, 0.1) is 11.7 Å². The lowest BCUT2D eigenvalue weighted by atomic mass is 10.0. The van der Waals surface area contributed by atoms with Crippen LogP contribution >= 0.6 is 0 Å². The Hall–Kier alpha value is -5.05. The van der Waals surface area contributed by atoms with Crippen molar-refractivity contribution in [1.82, 2.24) is 25.1 Å². The molecule has 0 atom stereocenters. The van der Waals surface area contributed by atoms with Gasteiger partial charge in [-0.15, -0.1) is 0 Å². The summed E-state index contributed by atoms with van der Waals surface area (Å²) in [7, 11) is 0. The van der Waals surface area contributed by atoms with Crippen molar-refractivity contribution in [3.63, 3.8) is 0 Å². The predicted molar refractivity (Wildman–Crippen MR) is 150 cm³/mol. The van der Waals surface area contributed by atoms with E-state index in [2.05, 4.69) is 30.5 Å². The number of amides is 1. The van der Waals surface area contributed by atoms with Crippen molar-refractivity contribution in [1.29, 1.82) is 0 Å². The zero-order chi connectivity index (χ0) is 27.1. The molecule has 0 aliphatic heterocycles. The normalized spacial score (nSPS) is 11.5. The first kappa shape index (κ1) is 24.3. The highest BCUT2D eigenvalue weighted by molar-refractivity contribution is 6.00. The summed E-state index contributed by atoms with van der Waals surface area (Å²) in [6, 6.07) is 17.3. The van der Waals surface area contributed by atoms with Crippen molar-refractivity contribution < 1.29 is 14.3 Å². The van der Waals surface area contributed by atoms with Gasteiger partial charge in [-0.1, -0.05) is 26.0 Å². The first-order valence-electron chi connectivity index (χ1n) is 12.6. The Kier molecular flexibility index (Phi) is 6.03. The Labute approximate surface area is 223 Å². The maximum atomic E-state index is 14.0. The molecule has 8 nitrogen and oxygen atoms in total. The number of aromatic hydroxyl groups is 1. The summed E-state index contributed by atoms with van der Waals surface area (Å²) in [6.45, 7) is 4.02. The van der Waals surface area contributed by atoms with Crippen LogP contribution in [0.2, 0.25) is 0 Å². The number of nitrogens with one attached hydrogen (secondary N) is 3. The molecule has 0 saturated heterocycles. The number of halogens is 1. The second-order valence-corrected chi connectivity index (χ2v) is 9.92. The minimum Gasteiger partial charge on any atom is -0.508 e. The number of phenols is 1. The lowest BCUT2D eigenvalue weighted by Crippen LogP contribution is -2.13. The van der Waals surface area contributed by atoms with E-state index in [1.54, 1.807) is 12.4 Å². The number of nitrogens with zero attached hydrogens (tertiary/aromatic N) is 3. The average molecular weight is 521 g/mol. The molecule has 0 aliphatic rings. The van der Waals surface area contributed by atoms with Crippen LogP contribution in [0.25, 0.3) is 55.7 Å². The van der Waals surface area contributed by atoms with Gasteiger partial charge in [0.1, 0.15) is 17.3 Å². The number of aromatic amines is 2. The predicted octanol–water partition coefficient (Wildman–Crippen LogP) is 6.66. The van der Waals surface area contributed by atoms with E-state index < -0.39 is 5.82 Å². The van der Waals surface area contributed by atoms with E-state index in [0.29, 0.717) is 29.0 Å². The minimum atomic E-state index is -0.542. The average Bonchev–Trinajstić information content (AvgIpc) is 3.51. The first-order chi connectivity index (χ1) is 18.8. The molecule has 4 N–H and O–H groups in total. The number of hydrogen-bond donors (Lipinski definition) is 4. The summed E-state index contributed by atoms with van der Waals surface area (Å²) in [4.78, 5) is 24.7. The number of aromatic nitrogens is 5. The highest BCUT2D eigenvalue weighted by Gasteiger charge is 2.16. The molecule has 0 bridgehead atoms. The quantitative estimate of drug-likeness (QED) is 0.196. The van der Waals surface area contributed by atoms with Gasteiger partial charge in [-0.2, -0.15) is 5.10 Å². The lowest BCUT2D eigenvalue weighted by molar-refractivity contribution is -0.116. The number of H-pyrrole nitrogens is 2. The number of carbonyl (C=O) groups excluding carboxylic acids is 1. The maximum absolute atomic E-state index is 14.0. The summed E-state index contributed by atoms with van der Waals surface area (Å²) < 4.78 is 14.0. The van der Waals surface area contributed by atoms with Gasteiger partial charge in [0.25, 0.3) is 0 Å². The van der Waals surface area contributed by atoms with Crippen LogP contribution in [0.15, 0.2) is 73.1 Å². The number of carbonyl (C=O) groups is 1. The molecule has 194 valence electrons. The van der Waals surface area contributed by atoms with Crippen LogP contribution in [0.1, 0.15) is 20.3 Å². The Morgan fingerprint density at radius 3 is 2.67 bits per heavy atom. The smallest absolute Gasteiger partial charge is 0.224 e. The summed E-state index contributed by atoms with van der Waals surface area (Å²) in [5, 5.41) is 21.9. The van der Waals surface area contributed by atoms with Crippen LogP contribution < -0.4 is 5.32 Å². The summed E-state index contributed by atoms with van der Waals surface area (Å²) in [5.74, 6) is -0.453. The monoisotopic (exact) mass is 520 g/mol. The Morgan fingerprint density at radius 1 is 0.974 bits per heavy atom. The third kappa shape index (κ3) is 4.82. The fourth-order valence-electron chi connectivity index (χ4n) is 4.75. The number of phenolic OH excluding ortho intramolecular Hbond substituents is 1. The molecule has 2 aromatic carbocycles. The fourth-order valence-corrected chi connectivity index (χ4v) is 4.75. The fraction of sp³-hybridized carbons (Fsp3) is 0.133. The summed E-state index contributed by atoms with van der Waals surface area (Å²) in [6.07, 6.45) is 3.86. The Morgan fingerprint density at radius 2 is 1.85 bits per heavy atom. The van der Waals surface area contributed by atoms with Crippen LogP contribution in [-0.4, -0.2) is 36.2 Å². The largest absolute Gasteiger partial charge is 0.508 e. The number of fused-ring (bicyclic) bond motifs is 2. The van der Waals surface area contributed by atoms with Gasteiger partial charge in [0.15, 0.2) is 5.65 Å². The number of pyridine rings is 2. The molecule has 0 unspecified atom stereocenters. The molecule has 6 rings (SSSR count). The van der Waals surface area contributed by atoms with E-state index in [9.17, 15) is 14.3 Å². The first-order valence-corrected chi connectivity index (χ1v) is 12.6. The number of hydrogen-bond acceptors (Lipinski definition) is 5. The van der Waals surface area contributed by atoms with E-state index in [4.69, 9.17) is 0 Å². The zero-order valence-electron chi connectivity index (χ0n) is 21.3. The van der Waals surface area contributed by atoms with Gasteiger partial charge >= 0.3 is 0 Å².